The second kappa shape index (κ2) is 10.2. The predicted octanol–water partition coefficient (Wildman–Crippen LogP) is 5.30. The monoisotopic (exact) mass is 510 g/mol. The van der Waals surface area contributed by atoms with Crippen LogP contribution in [-0.2, 0) is 22.4 Å². The van der Waals surface area contributed by atoms with Crippen molar-refractivity contribution in [2.75, 3.05) is 10.2 Å². The predicted molar refractivity (Wildman–Crippen MR) is 130 cm³/mol. The average molecular weight is 510 g/mol. The molecule has 0 unspecified atom stereocenters. The third kappa shape index (κ3) is 5.66. The van der Waals surface area contributed by atoms with Gasteiger partial charge in [0.25, 0.3) is 0 Å². The minimum atomic E-state index is -0.869. The lowest BCUT2D eigenvalue weighted by molar-refractivity contribution is -0.119. The van der Waals surface area contributed by atoms with Crippen molar-refractivity contribution in [1.29, 1.82) is 0 Å². The Kier molecular flexibility index (Phi) is 7.05. The second-order valence-corrected chi connectivity index (χ2v) is 8.67. The van der Waals surface area contributed by atoms with Gasteiger partial charge in [-0.15, -0.1) is 0 Å². The van der Waals surface area contributed by atoms with Gasteiger partial charge in [-0.25, -0.2) is 28.3 Å². The Hall–Kier alpha value is -4.54. The van der Waals surface area contributed by atoms with Crippen molar-refractivity contribution in [3.63, 3.8) is 0 Å². The molecule has 9 nitrogen and oxygen atoms in total. The molecule has 37 heavy (non-hydrogen) atoms. The van der Waals surface area contributed by atoms with E-state index in [0.29, 0.717) is 29.1 Å². The zero-order chi connectivity index (χ0) is 26.7. The summed E-state index contributed by atoms with van der Waals surface area (Å²) in [5.41, 5.74) is 0.340. The minimum Gasteiger partial charge on any atom is -0.454 e. The number of carbonyl (C=O) groups excluding carboxylic acids is 3. The summed E-state index contributed by atoms with van der Waals surface area (Å²) in [7, 11) is 0. The van der Waals surface area contributed by atoms with Gasteiger partial charge >= 0.3 is 12.1 Å². The van der Waals surface area contributed by atoms with Crippen molar-refractivity contribution in [1.82, 2.24) is 10.3 Å². The van der Waals surface area contributed by atoms with Crippen LogP contribution < -0.4 is 20.3 Å². The second-order valence-electron chi connectivity index (χ2n) is 8.67. The van der Waals surface area contributed by atoms with E-state index in [1.165, 1.54) is 47.5 Å². The maximum atomic E-state index is 14.8. The smallest absolute Gasteiger partial charge is 0.420 e. The van der Waals surface area contributed by atoms with Crippen LogP contribution in [-0.4, -0.2) is 28.7 Å². The molecule has 0 saturated carbocycles. The lowest BCUT2D eigenvalue weighted by Gasteiger charge is -2.46. The molecule has 2 heterocycles. The number of pyridine rings is 1. The molecule has 4 amide bonds. The Morgan fingerprint density at radius 3 is 2.43 bits per heavy atom. The highest BCUT2D eigenvalue weighted by Crippen LogP contribution is 2.39. The first-order chi connectivity index (χ1) is 17.6. The molecular formula is C26H24F2N4O5. The van der Waals surface area contributed by atoms with Crippen LogP contribution in [0.3, 0.4) is 0 Å². The number of anilines is 2. The van der Waals surface area contributed by atoms with E-state index in [0.717, 1.165) is 6.07 Å². The SMILES string of the molecule is CCc1c(Oc2ccc(NC(=O)NC(=O)Cc3ccc(F)cc3)cc2F)ccnc1N1C(=O)OC1(C)C. The van der Waals surface area contributed by atoms with E-state index in [9.17, 15) is 23.2 Å². The van der Waals surface area contributed by atoms with Crippen molar-refractivity contribution in [2.45, 2.75) is 39.3 Å². The van der Waals surface area contributed by atoms with Gasteiger partial charge in [0.15, 0.2) is 17.3 Å². The van der Waals surface area contributed by atoms with E-state index < -0.39 is 35.4 Å². The Bertz CT molecular complexity index is 1360. The van der Waals surface area contributed by atoms with Crippen LogP contribution in [0, 0.1) is 11.6 Å². The summed E-state index contributed by atoms with van der Waals surface area (Å²) in [6.07, 6.45) is 1.23. The molecule has 1 fully saturated rings. The molecule has 0 bridgehead atoms. The molecule has 11 heteroatoms. The molecule has 0 spiro atoms. The van der Waals surface area contributed by atoms with Gasteiger partial charge < -0.3 is 14.8 Å². The van der Waals surface area contributed by atoms with Crippen molar-refractivity contribution >= 4 is 29.5 Å². The molecule has 192 valence electrons. The molecule has 2 N–H and O–H groups in total. The maximum Gasteiger partial charge on any atom is 0.420 e. The number of hydrogen-bond donors (Lipinski definition) is 2. The fourth-order valence-corrected chi connectivity index (χ4v) is 3.81. The van der Waals surface area contributed by atoms with E-state index in [1.54, 1.807) is 19.9 Å². The molecule has 4 rings (SSSR count). The van der Waals surface area contributed by atoms with E-state index in [-0.39, 0.29) is 17.9 Å². The first-order valence-corrected chi connectivity index (χ1v) is 11.4. The highest BCUT2D eigenvalue weighted by molar-refractivity contribution is 6.01. The van der Waals surface area contributed by atoms with Gasteiger partial charge in [-0.2, -0.15) is 0 Å². The number of benzene rings is 2. The van der Waals surface area contributed by atoms with Gasteiger partial charge in [-0.05, 0) is 56.2 Å². The Labute approximate surface area is 211 Å². The molecule has 0 atom stereocenters. The maximum absolute atomic E-state index is 14.8. The number of ether oxygens (including phenoxy) is 2. The summed E-state index contributed by atoms with van der Waals surface area (Å²) in [4.78, 5) is 41.9. The highest BCUT2D eigenvalue weighted by Gasteiger charge is 2.49. The largest absolute Gasteiger partial charge is 0.454 e. The number of halogens is 2. The zero-order valence-electron chi connectivity index (χ0n) is 20.3. The van der Waals surface area contributed by atoms with Crippen LogP contribution in [0.5, 0.6) is 11.5 Å². The summed E-state index contributed by atoms with van der Waals surface area (Å²) < 4.78 is 38.7. The summed E-state index contributed by atoms with van der Waals surface area (Å²) in [6.45, 7) is 5.30. The van der Waals surface area contributed by atoms with Crippen LogP contribution in [0.2, 0.25) is 0 Å². The van der Waals surface area contributed by atoms with Crippen molar-refractivity contribution in [3.8, 4) is 11.5 Å². The zero-order valence-corrected chi connectivity index (χ0v) is 20.3. The molecule has 1 aliphatic rings. The van der Waals surface area contributed by atoms with Gasteiger partial charge in [0.1, 0.15) is 17.4 Å². The van der Waals surface area contributed by atoms with Crippen LogP contribution in [0.4, 0.5) is 29.9 Å². The normalized spacial score (nSPS) is 13.9. The number of rotatable bonds is 7. The molecular weight excluding hydrogens is 486 g/mol. The van der Waals surface area contributed by atoms with Crippen LogP contribution >= 0.6 is 0 Å². The Morgan fingerprint density at radius 2 is 1.81 bits per heavy atom. The molecule has 0 radical (unpaired) electrons. The fourth-order valence-electron chi connectivity index (χ4n) is 3.81. The van der Waals surface area contributed by atoms with Crippen molar-refractivity contribution < 1.29 is 32.6 Å². The average Bonchev–Trinajstić information content (AvgIpc) is 2.81. The van der Waals surface area contributed by atoms with E-state index >= 15 is 0 Å². The van der Waals surface area contributed by atoms with E-state index in [2.05, 4.69) is 15.6 Å². The van der Waals surface area contributed by atoms with Crippen molar-refractivity contribution in [3.05, 3.63) is 77.5 Å². The molecule has 1 aromatic heterocycles. The molecule has 1 saturated heterocycles. The minimum absolute atomic E-state index is 0.0909. The number of carbonyl (C=O) groups is 3. The van der Waals surface area contributed by atoms with Crippen LogP contribution in [0.25, 0.3) is 0 Å². The third-order valence-corrected chi connectivity index (χ3v) is 5.55. The van der Waals surface area contributed by atoms with E-state index in [4.69, 9.17) is 9.47 Å². The van der Waals surface area contributed by atoms with Gasteiger partial charge in [0.2, 0.25) is 5.91 Å². The van der Waals surface area contributed by atoms with Crippen LogP contribution in [0.15, 0.2) is 54.7 Å². The summed E-state index contributed by atoms with van der Waals surface area (Å²) in [5, 5.41) is 4.51. The van der Waals surface area contributed by atoms with Gasteiger partial charge in [-0.1, -0.05) is 19.1 Å². The number of nitrogens with one attached hydrogen (secondary N) is 2. The van der Waals surface area contributed by atoms with Crippen molar-refractivity contribution in [2.24, 2.45) is 0 Å². The number of imide groups is 1. The Morgan fingerprint density at radius 1 is 1.08 bits per heavy atom. The first kappa shape index (κ1) is 25.5. The molecule has 2 aromatic carbocycles. The van der Waals surface area contributed by atoms with Crippen LogP contribution in [0.1, 0.15) is 31.9 Å². The fraction of sp³-hybridized carbons (Fsp3) is 0.231. The standard InChI is InChI=1S/C26H24F2N4O5/c1-4-18-20(11-12-29-23(18)32-25(35)37-26(32,2)3)36-21-10-9-17(14-19(21)28)30-24(34)31-22(33)13-15-5-7-16(27)8-6-15/h5-12,14H,4,13H2,1-3H3,(H2,30,31,33,34). The number of nitrogens with zero attached hydrogens (tertiary/aromatic N) is 2. The number of cyclic esters (lactones) is 1. The number of amides is 4. The number of urea groups is 1. The van der Waals surface area contributed by atoms with Gasteiger partial charge in [0, 0.05) is 23.5 Å². The lowest BCUT2D eigenvalue weighted by Crippen LogP contribution is -2.62. The quantitative estimate of drug-likeness (QED) is 0.447. The van der Waals surface area contributed by atoms with E-state index in [1.807, 2.05) is 6.92 Å². The summed E-state index contributed by atoms with van der Waals surface area (Å²) in [6, 6.07) is 9.79. The molecule has 3 aromatic rings. The summed E-state index contributed by atoms with van der Waals surface area (Å²) >= 11 is 0. The Balaban J connectivity index is 1.42. The first-order valence-electron chi connectivity index (χ1n) is 11.4. The summed E-state index contributed by atoms with van der Waals surface area (Å²) in [5.74, 6) is -1.25. The molecule has 0 aliphatic carbocycles. The van der Waals surface area contributed by atoms with Gasteiger partial charge in [-0.3, -0.25) is 10.1 Å². The number of hydrogen-bond acceptors (Lipinski definition) is 6. The highest BCUT2D eigenvalue weighted by atomic mass is 19.1. The topological polar surface area (TPSA) is 110 Å². The number of aromatic nitrogens is 1. The van der Waals surface area contributed by atoms with Gasteiger partial charge in [0.05, 0.1) is 6.42 Å². The third-order valence-electron chi connectivity index (χ3n) is 5.55. The lowest BCUT2D eigenvalue weighted by atomic mass is 10.1. The molecule has 1 aliphatic heterocycles.